The Bertz CT molecular complexity index is 617. The van der Waals surface area contributed by atoms with Crippen molar-refractivity contribution in [3.63, 3.8) is 0 Å². The third-order valence-corrected chi connectivity index (χ3v) is 4.68. The largest absolute Gasteiger partial charge is 0.455 e. The molecule has 2 rings (SSSR count). The lowest BCUT2D eigenvalue weighted by Gasteiger charge is -2.26. The highest BCUT2D eigenvalue weighted by Gasteiger charge is 2.36. The fourth-order valence-electron chi connectivity index (χ4n) is 2.40. The predicted octanol–water partition coefficient (Wildman–Crippen LogP) is 2.33. The van der Waals surface area contributed by atoms with E-state index in [9.17, 15) is 13.2 Å². The van der Waals surface area contributed by atoms with Crippen LogP contribution in [0.3, 0.4) is 0 Å². The first-order chi connectivity index (χ1) is 9.67. The second kappa shape index (κ2) is 5.83. The summed E-state index contributed by atoms with van der Waals surface area (Å²) in [5, 5.41) is 0. The van der Waals surface area contributed by atoms with E-state index in [1.54, 1.807) is 17.0 Å². The number of hydrogen-bond donors (Lipinski definition) is 0. The Hall–Kier alpha value is -1.30. The van der Waals surface area contributed by atoms with E-state index in [-0.39, 0.29) is 23.5 Å². The van der Waals surface area contributed by atoms with Gasteiger partial charge in [-0.05, 0) is 44.2 Å². The number of sulfone groups is 1. The third-order valence-electron chi connectivity index (χ3n) is 3.87. The zero-order valence-electron chi connectivity index (χ0n) is 13.0. The van der Waals surface area contributed by atoms with Crippen LogP contribution in [0.5, 0.6) is 0 Å². The predicted molar refractivity (Wildman–Crippen MR) is 80.7 cm³/mol. The normalized spacial score (nSPS) is 21.6. The van der Waals surface area contributed by atoms with Gasteiger partial charge in [0.1, 0.15) is 11.5 Å². The van der Waals surface area contributed by atoms with Gasteiger partial charge in [0.15, 0.2) is 15.6 Å². The van der Waals surface area contributed by atoms with Crippen LogP contribution in [0.1, 0.15) is 43.5 Å². The van der Waals surface area contributed by atoms with Crippen LogP contribution in [0.2, 0.25) is 0 Å². The highest BCUT2D eigenvalue weighted by atomic mass is 32.2. The summed E-state index contributed by atoms with van der Waals surface area (Å²) in [4.78, 5) is 14.3. The van der Waals surface area contributed by atoms with Crippen LogP contribution >= 0.6 is 0 Å². The molecule has 118 valence electrons. The third kappa shape index (κ3) is 4.33. The summed E-state index contributed by atoms with van der Waals surface area (Å²) in [7, 11) is -3.16. The van der Waals surface area contributed by atoms with Gasteiger partial charge in [-0.1, -0.05) is 6.92 Å². The molecule has 6 heteroatoms. The maximum absolute atomic E-state index is 12.5. The van der Waals surface area contributed by atoms with Crippen LogP contribution in [0.25, 0.3) is 0 Å². The molecule has 1 aliphatic carbocycles. The first-order valence-electron chi connectivity index (χ1n) is 7.25. The van der Waals surface area contributed by atoms with Crippen molar-refractivity contribution in [1.82, 2.24) is 4.90 Å². The molecule has 0 aromatic carbocycles. The molecule has 1 aromatic rings. The van der Waals surface area contributed by atoms with E-state index in [1.165, 1.54) is 0 Å². The summed E-state index contributed by atoms with van der Waals surface area (Å²) >= 11 is 0. The molecule has 1 fully saturated rings. The van der Waals surface area contributed by atoms with Crippen molar-refractivity contribution < 1.29 is 17.6 Å². The molecule has 1 amide bonds. The van der Waals surface area contributed by atoms with E-state index in [4.69, 9.17) is 4.42 Å². The number of carbonyl (C=O) groups is 1. The van der Waals surface area contributed by atoms with Crippen LogP contribution in [-0.2, 0) is 15.6 Å². The van der Waals surface area contributed by atoms with Crippen LogP contribution in [0, 0.1) is 11.8 Å². The second-order valence-electron chi connectivity index (χ2n) is 6.36. The van der Waals surface area contributed by atoms with Crippen molar-refractivity contribution in [2.24, 2.45) is 11.8 Å². The minimum absolute atomic E-state index is 0.0914. The van der Waals surface area contributed by atoms with Crippen molar-refractivity contribution in [2.75, 3.05) is 12.8 Å². The van der Waals surface area contributed by atoms with Crippen molar-refractivity contribution in [1.29, 1.82) is 0 Å². The molecule has 1 saturated carbocycles. The zero-order chi connectivity index (χ0) is 15.8. The number of rotatable bonds is 6. The number of amides is 1. The monoisotopic (exact) mass is 313 g/mol. The fraction of sp³-hybridized carbons (Fsp3) is 0.667. The Balaban J connectivity index is 2.09. The Morgan fingerprint density at radius 2 is 2.05 bits per heavy atom. The van der Waals surface area contributed by atoms with Crippen molar-refractivity contribution in [2.45, 2.75) is 39.0 Å². The van der Waals surface area contributed by atoms with Crippen LogP contribution in [0.4, 0.5) is 0 Å². The van der Waals surface area contributed by atoms with Gasteiger partial charge in [-0.15, -0.1) is 0 Å². The summed E-state index contributed by atoms with van der Waals surface area (Å²) in [6.45, 7) is 6.88. The highest BCUT2D eigenvalue weighted by Crippen LogP contribution is 2.38. The van der Waals surface area contributed by atoms with E-state index in [0.717, 1.165) is 19.2 Å². The summed E-state index contributed by atoms with van der Waals surface area (Å²) in [6.07, 6.45) is 2.31. The first kappa shape index (κ1) is 16.1. The van der Waals surface area contributed by atoms with E-state index in [1.807, 2.05) is 13.8 Å². The maximum atomic E-state index is 12.5. The molecule has 0 aliphatic heterocycles. The second-order valence-corrected chi connectivity index (χ2v) is 8.50. The lowest BCUT2D eigenvalue weighted by molar-refractivity contribution is 0.0659. The zero-order valence-corrected chi connectivity index (χ0v) is 13.8. The molecule has 0 radical (unpaired) electrons. The fourth-order valence-corrected chi connectivity index (χ4v) is 3.08. The Morgan fingerprint density at radius 3 is 2.52 bits per heavy atom. The van der Waals surface area contributed by atoms with Gasteiger partial charge >= 0.3 is 0 Å². The van der Waals surface area contributed by atoms with Gasteiger partial charge in [-0.25, -0.2) is 8.42 Å². The Kier molecular flexibility index (Phi) is 4.46. The number of nitrogens with zero attached hydrogens (tertiary/aromatic N) is 1. The molecule has 2 atom stereocenters. The van der Waals surface area contributed by atoms with Gasteiger partial charge in [-0.2, -0.15) is 0 Å². The van der Waals surface area contributed by atoms with Crippen LogP contribution < -0.4 is 0 Å². The van der Waals surface area contributed by atoms with Crippen molar-refractivity contribution in [3.05, 3.63) is 23.7 Å². The standard InChI is InChI=1S/C15H23NO4S/c1-10(2)16(8-12-7-11(12)3)15(17)14-6-5-13(20-14)9-21(4,18)19/h5-6,10-12H,7-9H2,1-4H3/t11-,12+/m0/s1. The SMILES string of the molecule is CC(C)N(C[C@H]1C[C@@H]1C)C(=O)c1ccc(CS(C)(=O)=O)o1. The number of furan rings is 1. The molecule has 21 heavy (non-hydrogen) atoms. The minimum Gasteiger partial charge on any atom is -0.455 e. The first-order valence-corrected chi connectivity index (χ1v) is 9.31. The van der Waals surface area contributed by atoms with E-state index >= 15 is 0 Å². The smallest absolute Gasteiger partial charge is 0.289 e. The quantitative estimate of drug-likeness (QED) is 0.808. The Morgan fingerprint density at radius 1 is 1.43 bits per heavy atom. The number of hydrogen-bond acceptors (Lipinski definition) is 4. The van der Waals surface area contributed by atoms with Crippen molar-refractivity contribution >= 4 is 15.7 Å². The minimum atomic E-state index is -3.16. The number of carbonyl (C=O) groups excluding carboxylic acids is 1. The molecule has 1 aliphatic rings. The van der Waals surface area contributed by atoms with Gasteiger partial charge < -0.3 is 9.32 Å². The molecule has 1 heterocycles. The molecular formula is C15H23NO4S. The van der Waals surface area contributed by atoms with Crippen LogP contribution in [-0.4, -0.2) is 38.1 Å². The highest BCUT2D eigenvalue weighted by molar-refractivity contribution is 7.89. The van der Waals surface area contributed by atoms with Crippen molar-refractivity contribution in [3.8, 4) is 0 Å². The molecule has 1 aromatic heterocycles. The molecule has 0 bridgehead atoms. The van der Waals surface area contributed by atoms with E-state index in [2.05, 4.69) is 6.92 Å². The average molecular weight is 313 g/mol. The van der Waals surface area contributed by atoms with Gasteiger partial charge in [0.05, 0.1) is 0 Å². The molecule has 5 nitrogen and oxygen atoms in total. The molecule has 0 unspecified atom stereocenters. The van der Waals surface area contributed by atoms with Gasteiger partial charge in [-0.3, -0.25) is 4.79 Å². The summed E-state index contributed by atoms with van der Waals surface area (Å²) in [5.74, 6) is 1.43. The lowest BCUT2D eigenvalue weighted by atomic mass is 10.2. The molecule has 0 spiro atoms. The Labute approximate surface area is 126 Å². The average Bonchev–Trinajstić information content (AvgIpc) is 2.84. The van der Waals surface area contributed by atoms with Gasteiger partial charge in [0.2, 0.25) is 0 Å². The summed E-state index contributed by atoms with van der Waals surface area (Å²) in [6, 6.07) is 3.22. The lowest BCUT2D eigenvalue weighted by Crippen LogP contribution is -2.38. The van der Waals surface area contributed by atoms with Crippen LogP contribution in [0.15, 0.2) is 16.5 Å². The van der Waals surface area contributed by atoms with Gasteiger partial charge in [0.25, 0.3) is 5.91 Å². The summed E-state index contributed by atoms with van der Waals surface area (Å²) in [5.41, 5.74) is 0. The molecule has 0 N–H and O–H groups in total. The topological polar surface area (TPSA) is 67.6 Å². The molecular weight excluding hydrogens is 290 g/mol. The summed E-state index contributed by atoms with van der Waals surface area (Å²) < 4.78 is 27.9. The maximum Gasteiger partial charge on any atom is 0.289 e. The van der Waals surface area contributed by atoms with E-state index in [0.29, 0.717) is 17.6 Å². The molecule has 0 saturated heterocycles. The van der Waals surface area contributed by atoms with Gasteiger partial charge in [0, 0.05) is 18.8 Å². The van der Waals surface area contributed by atoms with E-state index < -0.39 is 9.84 Å².